The first-order valence-corrected chi connectivity index (χ1v) is 27.7. The van der Waals surface area contributed by atoms with Crippen molar-refractivity contribution in [3.05, 3.63) is 134 Å². The Bertz CT molecular complexity index is 1510. The molecule has 0 spiro atoms. The number of unbranched alkanes of at least 4 members (excludes halogenated alkanes) is 15. The zero-order valence-electron chi connectivity index (χ0n) is 44.3. The molecule has 0 heterocycles. The van der Waals surface area contributed by atoms with E-state index in [-0.39, 0.29) is 44.0 Å². The molecule has 69 heavy (non-hydrogen) atoms. The quantitative estimate of drug-likeness (QED) is 0.0262. The molecule has 0 N–H and O–H groups in total. The van der Waals surface area contributed by atoms with E-state index in [0.717, 1.165) is 109 Å². The molecule has 0 aliphatic rings. The molecule has 6 heteroatoms. The van der Waals surface area contributed by atoms with E-state index in [1.54, 1.807) is 0 Å². The molecule has 0 fully saturated rings. The Labute approximate surface area is 424 Å². The van der Waals surface area contributed by atoms with Crippen LogP contribution < -0.4 is 0 Å². The molecule has 0 aliphatic carbocycles. The Morgan fingerprint density at radius 1 is 0.304 bits per heavy atom. The Hall–Kier alpha value is -4.45. The van der Waals surface area contributed by atoms with Crippen LogP contribution in [0.1, 0.15) is 226 Å². The van der Waals surface area contributed by atoms with E-state index < -0.39 is 6.10 Å². The van der Waals surface area contributed by atoms with E-state index in [4.69, 9.17) is 14.2 Å². The second-order valence-electron chi connectivity index (χ2n) is 17.7. The van der Waals surface area contributed by atoms with Crippen LogP contribution >= 0.6 is 0 Å². The zero-order valence-corrected chi connectivity index (χ0v) is 44.3. The molecule has 388 valence electrons. The summed E-state index contributed by atoms with van der Waals surface area (Å²) in [5.41, 5.74) is 0. The molecule has 1 atom stereocenters. The Balaban J connectivity index is 4.58. The molecular formula is C63H100O6. The van der Waals surface area contributed by atoms with Gasteiger partial charge >= 0.3 is 17.9 Å². The fourth-order valence-corrected chi connectivity index (χ4v) is 6.96. The van der Waals surface area contributed by atoms with Crippen LogP contribution in [0.25, 0.3) is 0 Å². The third-order valence-electron chi connectivity index (χ3n) is 11.1. The molecule has 0 aliphatic heterocycles. The summed E-state index contributed by atoms with van der Waals surface area (Å²) in [6.45, 7) is 6.36. The monoisotopic (exact) mass is 953 g/mol. The number of hydrogen-bond donors (Lipinski definition) is 0. The third-order valence-corrected chi connectivity index (χ3v) is 11.1. The topological polar surface area (TPSA) is 78.9 Å². The fraction of sp³-hybridized carbons (Fsp3) is 0.603. The van der Waals surface area contributed by atoms with Gasteiger partial charge in [0.15, 0.2) is 6.10 Å². The maximum absolute atomic E-state index is 12.8. The van der Waals surface area contributed by atoms with Gasteiger partial charge in [-0.1, -0.05) is 206 Å². The van der Waals surface area contributed by atoms with Crippen molar-refractivity contribution >= 4 is 17.9 Å². The van der Waals surface area contributed by atoms with Crippen molar-refractivity contribution in [2.24, 2.45) is 0 Å². The van der Waals surface area contributed by atoms with E-state index in [0.29, 0.717) is 19.3 Å². The molecule has 0 aromatic heterocycles. The summed E-state index contributed by atoms with van der Waals surface area (Å²) in [7, 11) is 0. The van der Waals surface area contributed by atoms with Crippen LogP contribution in [-0.4, -0.2) is 37.2 Å². The maximum atomic E-state index is 12.8. The van der Waals surface area contributed by atoms with Crippen molar-refractivity contribution in [1.29, 1.82) is 0 Å². The van der Waals surface area contributed by atoms with Gasteiger partial charge in [-0.05, 0) is 135 Å². The molecule has 0 amide bonds. The van der Waals surface area contributed by atoms with E-state index >= 15 is 0 Å². The van der Waals surface area contributed by atoms with E-state index in [1.165, 1.54) is 64.2 Å². The summed E-state index contributed by atoms with van der Waals surface area (Å²) in [4.78, 5) is 38.1. The molecule has 0 unspecified atom stereocenters. The van der Waals surface area contributed by atoms with Gasteiger partial charge in [0, 0.05) is 19.3 Å². The van der Waals surface area contributed by atoms with Gasteiger partial charge in [0.05, 0.1) is 0 Å². The molecule has 0 saturated heterocycles. The maximum Gasteiger partial charge on any atom is 0.306 e. The number of ether oxygens (including phenoxy) is 3. The Kier molecular flexibility index (Phi) is 52.5. The molecule has 0 rings (SSSR count). The average Bonchev–Trinajstić information content (AvgIpc) is 3.35. The van der Waals surface area contributed by atoms with Gasteiger partial charge in [0.25, 0.3) is 0 Å². The highest BCUT2D eigenvalue weighted by Crippen LogP contribution is 2.12. The van der Waals surface area contributed by atoms with Crippen LogP contribution in [0.2, 0.25) is 0 Å². The van der Waals surface area contributed by atoms with Gasteiger partial charge in [0.2, 0.25) is 0 Å². The van der Waals surface area contributed by atoms with Crippen molar-refractivity contribution < 1.29 is 28.6 Å². The minimum atomic E-state index is -0.834. The van der Waals surface area contributed by atoms with Crippen LogP contribution in [0.15, 0.2) is 134 Å². The minimum Gasteiger partial charge on any atom is -0.462 e. The number of hydrogen-bond acceptors (Lipinski definition) is 6. The predicted octanol–water partition coefficient (Wildman–Crippen LogP) is 18.6. The first-order valence-electron chi connectivity index (χ1n) is 27.7. The molecule has 0 bridgehead atoms. The summed E-state index contributed by atoms with van der Waals surface area (Å²) in [5, 5.41) is 0. The predicted molar refractivity (Wildman–Crippen MR) is 297 cm³/mol. The summed E-state index contributed by atoms with van der Waals surface area (Å²) in [6, 6.07) is 0. The Morgan fingerprint density at radius 3 is 0.957 bits per heavy atom. The Morgan fingerprint density at radius 2 is 0.580 bits per heavy atom. The van der Waals surface area contributed by atoms with Gasteiger partial charge in [0.1, 0.15) is 13.2 Å². The second kappa shape index (κ2) is 56.1. The first-order chi connectivity index (χ1) is 34.0. The van der Waals surface area contributed by atoms with E-state index in [1.807, 2.05) is 0 Å². The summed E-state index contributed by atoms with van der Waals surface area (Å²) >= 11 is 0. The summed E-state index contributed by atoms with van der Waals surface area (Å²) in [5.74, 6) is -1.04. The van der Waals surface area contributed by atoms with Gasteiger partial charge in [-0.15, -0.1) is 0 Å². The van der Waals surface area contributed by atoms with Crippen molar-refractivity contribution in [3.63, 3.8) is 0 Å². The van der Waals surface area contributed by atoms with Crippen molar-refractivity contribution in [2.45, 2.75) is 232 Å². The SMILES string of the molecule is CC/C=C\C/C=C\C/C=C\C/C=C\C/C=C\CCCC(=O)O[C@H](COC(=O)CCCC/C=C\C/C=C\C/C=C\CCCCC)COC(=O)CCCCCCCC/C=C\C/C=C\C/C=C\CCCCC. The normalized spacial score (nSPS) is 13.1. The second-order valence-corrected chi connectivity index (χ2v) is 17.7. The smallest absolute Gasteiger partial charge is 0.306 e. The van der Waals surface area contributed by atoms with Gasteiger partial charge in [-0.2, -0.15) is 0 Å². The molecule has 0 saturated carbocycles. The third kappa shape index (κ3) is 54.4. The van der Waals surface area contributed by atoms with Gasteiger partial charge < -0.3 is 14.2 Å². The van der Waals surface area contributed by atoms with Gasteiger partial charge in [-0.3, -0.25) is 14.4 Å². The molecule has 0 aromatic carbocycles. The lowest BCUT2D eigenvalue weighted by Crippen LogP contribution is -2.30. The van der Waals surface area contributed by atoms with Crippen molar-refractivity contribution in [2.75, 3.05) is 13.2 Å². The summed E-state index contributed by atoms with van der Waals surface area (Å²) < 4.78 is 16.7. The van der Waals surface area contributed by atoms with Crippen LogP contribution in [0.3, 0.4) is 0 Å². The standard InChI is InChI=1S/C63H100O6/c1-4-7-10-13-16-19-22-25-28-30-31-33-35-38-41-44-47-50-53-56-62(65)68-59-60(58-67-61(64)55-52-49-46-43-40-37-34-27-24-21-18-15-12-9-6-3)69-63(66)57-54-51-48-45-42-39-36-32-29-26-23-20-17-14-11-8-5-2/h8,11,16-21,25-29,31,33-34,36,39-40,43,45,48,60H,4-7,9-10,12-15,22-24,30,32,35,37-38,41-42,44,46-47,49-59H2,1-3H3/b11-8-,19-16-,20-17-,21-18-,28-25-,29-26-,33-31-,34-27-,39-36-,43-40-,48-45-/t60-/m1/s1. The van der Waals surface area contributed by atoms with E-state index in [9.17, 15) is 14.4 Å². The highest BCUT2D eigenvalue weighted by Gasteiger charge is 2.19. The van der Waals surface area contributed by atoms with Crippen LogP contribution in [0, 0.1) is 0 Å². The number of allylic oxidation sites excluding steroid dienone is 22. The van der Waals surface area contributed by atoms with Crippen LogP contribution in [-0.2, 0) is 28.6 Å². The molecule has 0 aromatic rings. The summed E-state index contributed by atoms with van der Waals surface area (Å²) in [6.07, 6.45) is 78.7. The lowest BCUT2D eigenvalue weighted by molar-refractivity contribution is -0.167. The molecule has 0 radical (unpaired) electrons. The number of carbonyl (C=O) groups is 3. The first kappa shape index (κ1) is 64.5. The molecular weight excluding hydrogens is 853 g/mol. The van der Waals surface area contributed by atoms with Crippen molar-refractivity contribution in [1.82, 2.24) is 0 Å². The van der Waals surface area contributed by atoms with Crippen LogP contribution in [0.4, 0.5) is 0 Å². The minimum absolute atomic E-state index is 0.124. The lowest BCUT2D eigenvalue weighted by Gasteiger charge is -2.18. The average molecular weight is 953 g/mol. The van der Waals surface area contributed by atoms with E-state index in [2.05, 4.69) is 154 Å². The van der Waals surface area contributed by atoms with Gasteiger partial charge in [-0.25, -0.2) is 0 Å². The molecule has 6 nitrogen and oxygen atoms in total. The van der Waals surface area contributed by atoms with Crippen LogP contribution in [0.5, 0.6) is 0 Å². The highest BCUT2D eigenvalue weighted by molar-refractivity contribution is 5.71. The fourth-order valence-electron chi connectivity index (χ4n) is 6.96. The number of esters is 3. The highest BCUT2D eigenvalue weighted by atomic mass is 16.6. The zero-order chi connectivity index (χ0) is 50.0. The number of carbonyl (C=O) groups excluding carboxylic acids is 3. The number of rotatable bonds is 48. The lowest BCUT2D eigenvalue weighted by atomic mass is 10.1. The van der Waals surface area contributed by atoms with Crippen molar-refractivity contribution in [3.8, 4) is 0 Å². The largest absolute Gasteiger partial charge is 0.462 e.